The van der Waals surface area contributed by atoms with Gasteiger partial charge in [-0.05, 0) is 25.5 Å². The van der Waals surface area contributed by atoms with Gasteiger partial charge in [0.05, 0.1) is 19.1 Å². The highest BCUT2D eigenvalue weighted by atomic mass is 16.5. The summed E-state index contributed by atoms with van der Waals surface area (Å²) in [4.78, 5) is 12.2. The highest BCUT2D eigenvalue weighted by Crippen LogP contribution is 2.25. The van der Waals surface area contributed by atoms with Crippen LogP contribution < -0.4 is 15.4 Å². The van der Waals surface area contributed by atoms with Gasteiger partial charge in [-0.2, -0.15) is 0 Å². The summed E-state index contributed by atoms with van der Waals surface area (Å²) in [6.45, 7) is 5.79. The highest BCUT2D eigenvalue weighted by Gasteiger charge is 2.30. The molecule has 1 aromatic rings. The first kappa shape index (κ1) is 13.9. The number of hydrogen-bond acceptors (Lipinski definition) is 3. The van der Waals surface area contributed by atoms with E-state index in [0.717, 1.165) is 24.4 Å². The van der Waals surface area contributed by atoms with Gasteiger partial charge >= 0.3 is 0 Å². The Morgan fingerprint density at radius 1 is 1.42 bits per heavy atom. The minimum atomic E-state index is -0.0450. The highest BCUT2D eigenvalue weighted by molar-refractivity contribution is 5.80. The zero-order valence-corrected chi connectivity index (χ0v) is 11.8. The monoisotopic (exact) mass is 262 g/mol. The standard InChI is InChI=1S/C15H22N2O2/c1-10-8-16-9-13(10)15(18)17-11(2)12-6-4-5-7-14(12)19-3/h4-7,10-11,13,16H,8-9H2,1-3H3,(H,17,18)/t10-,11+,13-/m1/s1. The third kappa shape index (κ3) is 3.07. The van der Waals surface area contributed by atoms with Crippen LogP contribution in [0, 0.1) is 11.8 Å². The van der Waals surface area contributed by atoms with Crippen molar-refractivity contribution in [3.8, 4) is 5.75 Å². The molecule has 3 atom stereocenters. The lowest BCUT2D eigenvalue weighted by Gasteiger charge is -2.20. The van der Waals surface area contributed by atoms with E-state index in [0.29, 0.717) is 5.92 Å². The van der Waals surface area contributed by atoms with Crippen LogP contribution in [-0.4, -0.2) is 26.1 Å². The van der Waals surface area contributed by atoms with Crippen molar-refractivity contribution < 1.29 is 9.53 Å². The van der Waals surface area contributed by atoms with E-state index in [2.05, 4.69) is 17.6 Å². The maximum absolute atomic E-state index is 12.2. The summed E-state index contributed by atoms with van der Waals surface area (Å²) in [7, 11) is 1.65. The molecule has 0 spiro atoms. The van der Waals surface area contributed by atoms with E-state index in [-0.39, 0.29) is 17.9 Å². The second-order valence-corrected chi connectivity index (χ2v) is 5.21. The number of amides is 1. The summed E-state index contributed by atoms with van der Waals surface area (Å²) < 4.78 is 5.33. The summed E-state index contributed by atoms with van der Waals surface area (Å²) in [6.07, 6.45) is 0. The molecule has 4 heteroatoms. The Balaban J connectivity index is 2.04. The Morgan fingerprint density at radius 2 is 2.16 bits per heavy atom. The molecule has 1 heterocycles. The molecule has 1 aliphatic heterocycles. The SMILES string of the molecule is COc1ccccc1[C@H](C)NC(=O)[C@@H]1CNC[C@H]1C. The smallest absolute Gasteiger partial charge is 0.225 e. The Kier molecular flexibility index (Phi) is 4.43. The molecule has 4 nitrogen and oxygen atoms in total. The van der Waals surface area contributed by atoms with E-state index in [4.69, 9.17) is 4.74 Å². The maximum Gasteiger partial charge on any atom is 0.225 e. The van der Waals surface area contributed by atoms with Crippen LogP contribution in [0.4, 0.5) is 0 Å². The predicted octanol–water partition coefficient (Wildman–Crippen LogP) is 1.73. The number of benzene rings is 1. The van der Waals surface area contributed by atoms with E-state index in [1.807, 2.05) is 31.2 Å². The third-order valence-electron chi connectivity index (χ3n) is 3.82. The first-order valence-electron chi connectivity index (χ1n) is 6.77. The van der Waals surface area contributed by atoms with Crippen LogP contribution in [0.3, 0.4) is 0 Å². The number of ether oxygens (including phenoxy) is 1. The normalized spacial score (nSPS) is 23.9. The van der Waals surface area contributed by atoms with Crippen LogP contribution in [0.15, 0.2) is 24.3 Å². The molecule has 0 unspecified atom stereocenters. The molecule has 1 aromatic carbocycles. The number of carbonyl (C=O) groups is 1. The molecule has 0 radical (unpaired) electrons. The second-order valence-electron chi connectivity index (χ2n) is 5.21. The maximum atomic E-state index is 12.2. The van der Waals surface area contributed by atoms with Crippen LogP contribution in [0.1, 0.15) is 25.5 Å². The molecule has 1 amide bonds. The van der Waals surface area contributed by atoms with Crippen LogP contribution in [0.5, 0.6) is 5.75 Å². The van der Waals surface area contributed by atoms with Crippen LogP contribution >= 0.6 is 0 Å². The molecular formula is C15H22N2O2. The van der Waals surface area contributed by atoms with Crippen LogP contribution in [-0.2, 0) is 4.79 Å². The van der Waals surface area contributed by atoms with Crippen molar-refractivity contribution in [3.05, 3.63) is 29.8 Å². The second kappa shape index (κ2) is 6.06. The fourth-order valence-electron chi connectivity index (χ4n) is 2.58. The van der Waals surface area contributed by atoms with Crippen molar-refractivity contribution in [2.45, 2.75) is 19.9 Å². The van der Waals surface area contributed by atoms with Crippen molar-refractivity contribution in [1.82, 2.24) is 10.6 Å². The first-order valence-corrected chi connectivity index (χ1v) is 6.77. The van der Waals surface area contributed by atoms with Gasteiger partial charge in [0.25, 0.3) is 0 Å². The Bertz CT molecular complexity index is 448. The fraction of sp³-hybridized carbons (Fsp3) is 0.533. The molecule has 0 aromatic heterocycles. The molecule has 0 bridgehead atoms. The summed E-state index contributed by atoms with van der Waals surface area (Å²) >= 11 is 0. The van der Waals surface area contributed by atoms with Gasteiger partial charge in [0, 0.05) is 12.1 Å². The van der Waals surface area contributed by atoms with Gasteiger partial charge in [0.2, 0.25) is 5.91 Å². The molecule has 0 aliphatic carbocycles. The largest absolute Gasteiger partial charge is 0.496 e. The molecule has 1 saturated heterocycles. The van der Waals surface area contributed by atoms with Crippen LogP contribution in [0.25, 0.3) is 0 Å². The summed E-state index contributed by atoms with van der Waals surface area (Å²) in [5, 5.41) is 6.34. The van der Waals surface area contributed by atoms with E-state index in [1.54, 1.807) is 7.11 Å². The number of methoxy groups -OCH3 is 1. The molecule has 104 valence electrons. The molecule has 0 saturated carbocycles. The minimum Gasteiger partial charge on any atom is -0.496 e. The minimum absolute atomic E-state index is 0.0450. The lowest BCUT2D eigenvalue weighted by Crippen LogP contribution is -2.36. The summed E-state index contributed by atoms with van der Waals surface area (Å²) in [6, 6.07) is 7.74. The number of rotatable bonds is 4. The van der Waals surface area contributed by atoms with Gasteiger partial charge in [-0.3, -0.25) is 4.79 Å². The lowest BCUT2D eigenvalue weighted by molar-refractivity contribution is -0.126. The topological polar surface area (TPSA) is 50.4 Å². The average molecular weight is 262 g/mol. The van der Waals surface area contributed by atoms with Crippen molar-refractivity contribution in [1.29, 1.82) is 0 Å². The summed E-state index contributed by atoms with van der Waals surface area (Å²) in [5.74, 6) is 1.39. The van der Waals surface area contributed by atoms with Crippen molar-refractivity contribution in [2.24, 2.45) is 11.8 Å². The lowest BCUT2D eigenvalue weighted by atomic mass is 9.96. The van der Waals surface area contributed by atoms with Gasteiger partial charge in [0.15, 0.2) is 0 Å². The van der Waals surface area contributed by atoms with Gasteiger partial charge in [-0.25, -0.2) is 0 Å². The average Bonchev–Trinajstić information content (AvgIpc) is 2.85. The Labute approximate surface area is 114 Å². The quantitative estimate of drug-likeness (QED) is 0.869. The molecule has 19 heavy (non-hydrogen) atoms. The first-order chi connectivity index (χ1) is 9.13. The Hall–Kier alpha value is -1.55. The number of hydrogen-bond donors (Lipinski definition) is 2. The van der Waals surface area contributed by atoms with E-state index in [1.165, 1.54) is 0 Å². The number of nitrogens with one attached hydrogen (secondary N) is 2. The molecule has 1 fully saturated rings. The number of carbonyl (C=O) groups excluding carboxylic acids is 1. The van der Waals surface area contributed by atoms with Crippen molar-refractivity contribution >= 4 is 5.91 Å². The van der Waals surface area contributed by atoms with E-state index < -0.39 is 0 Å². The fourth-order valence-corrected chi connectivity index (χ4v) is 2.58. The van der Waals surface area contributed by atoms with Gasteiger partial charge < -0.3 is 15.4 Å². The third-order valence-corrected chi connectivity index (χ3v) is 3.82. The zero-order valence-electron chi connectivity index (χ0n) is 11.8. The molecule has 1 aliphatic rings. The predicted molar refractivity (Wildman–Crippen MR) is 75.1 cm³/mol. The van der Waals surface area contributed by atoms with Crippen molar-refractivity contribution in [2.75, 3.05) is 20.2 Å². The molecule has 2 N–H and O–H groups in total. The van der Waals surface area contributed by atoms with Gasteiger partial charge in [-0.15, -0.1) is 0 Å². The molecular weight excluding hydrogens is 240 g/mol. The van der Waals surface area contributed by atoms with E-state index >= 15 is 0 Å². The zero-order chi connectivity index (χ0) is 13.8. The van der Waals surface area contributed by atoms with Gasteiger partial charge in [-0.1, -0.05) is 25.1 Å². The van der Waals surface area contributed by atoms with Crippen LogP contribution in [0.2, 0.25) is 0 Å². The Morgan fingerprint density at radius 3 is 2.79 bits per heavy atom. The van der Waals surface area contributed by atoms with Crippen molar-refractivity contribution in [3.63, 3.8) is 0 Å². The summed E-state index contributed by atoms with van der Waals surface area (Å²) in [5.41, 5.74) is 1.01. The van der Waals surface area contributed by atoms with Gasteiger partial charge in [0.1, 0.15) is 5.75 Å². The molecule has 2 rings (SSSR count). The number of para-hydroxylation sites is 1. The van der Waals surface area contributed by atoms with E-state index in [9.17, 15) is 4.79 Å².